The Hall–Kier alpha value is -1.38. The van der Waals surface area contributed by atoms with Crippen LogP contribution >= 0.6 is 0 Å². The van der Waals surface area contributed by atoms with Gasteiger partial charge in [0.05, 0.1) is 5.70 Å². The van der Waals surface area contributed by atoms with Crippen molar-refractivity contribution in [2.45, 2.75) is 13.8 Å². The molecule has 4 nitrogen and oxygen atoms in total. The highest BCUT2D eigenvalue weighted by atomic mass is 19.5. The lowest BCUT2D eigenvalue weighted by Gasteiger charge is -2.04. The zero-order chi connectivity index (χ0) is 13.5. The number of carbonyl (C=O) groups is 1. The zero-order valence-corrected chi connectivity index (χ0v) is 9.42. The van der Waals surface area contributed by atoms with Crippen molar-refractivity contribution in [3.63, 3.8) is 0 Å². The van der Waals surface area contributed by atoms with Gasteiger partial charge in [0, 0.05) is 6.92 Å². The van der Waals surface area contributed by atoms with Crippen LogP contribution in [0.1, 0.15) is 13.8 Å². The quantitative estimate of drug-likeness (QED) is 0.457. The Kier molecular flexibility index (Phi) is 6.48. The standard InChI is InChI=1S/C8H12N2O2.BF4/c1-7-5-10(6-9-7)3-4-12-8(2)11;2-1(3,4)5/h5-6H,3-4H2,1-2H3;/q;-1/p+1. The molecule has 98 valence electrons. The second kappa shape index (κ2) is 7.05. The van der Waals surface area contributed by atoms with Crippen LogP contribution in [0.2, 0.25) is 0 Å². The number of hydrogen-bond donors (Lipinski definition) is 1. The Bertz CT molecular complexity index is 311. The minimum absolute atomic E-state index is 0.230. The molecule has 0 saturated carbocycles. The smallest absolute Gasteiger partial charge is 0.460 e. The monoisotopic (exact) mass is 256 g/mol. The molecule has 0 fully saturated rings. The van der Waals surface area contributed by atoms with Crippen LogP contribution in [0.5, 0.6) is 0 Å². The fourth-order valence-electron chi connectivity index (χ4n) is 0.977. The highest BCUT2D eigenvalue weighted by molar-refractivity contribution is 6.50. The summed E-state index contributed by atoms with van der Waals surface area (Å²) in [4.78, 5) is 15.6. The maximum atomic E-state index is 10.4. The first-order valence-electron chi connectivity index (χ1n) is 4.77. The van der Waals surface area contributed by atoms with Gasteiger partial charge in [-0.1, -0.05) is 0 Å². The van der Waals surface area contributed by atoms with Crippen LogP contribution in [0.4, 0.5) is 17.3 Å². The SMILES string of the molecule is CC(=O)OCC[NH+]1C=NC(C)=C1.F[B-](F)(F)F. The molecule has 1 aliphatic rings. The number of hydrogen-bond acceptors (Lipinski definition) is 3. The molecule has 0 amide bonds. The number of halogens is 4. The summed E-state index contributed by atoms with van der Waals surface area (Å²) in [7, 11) is -6.00. The lowest BCUT2D eigenvalue weighted by atomic mass is 10.3. The van der Waals surface area contributed by atoms with Crippen LogP contribution in [0.15, 0.2) is 16.9 Å². The summed E-state index contributed by atoms with van der Waals surface area (Å²) in [6.07, 6.45) is 3.79. The Morgan fingerprint density at radius 1 is 1.47 bits per heavy atom. The predicted octanol–water partition coefficient (Wildman–Crippen LogP) is 0.638. The fraction of sp³-hybridized carbons (Fsp3) is 0.500. The number of allylic oxidation sites excluding steroid dienone is 1. The van der Waals surface area contributed by atoms with Gasteiger partial charge in [-0.3, -0.25) is 9.69 Å². The second-order valence-corrected chi connectivity index (χ2v) is 3.20. The zero-order valence-electron chi connectivity index (χ0n) is 9.42. The number of rotatable bonds is 3. The number of esters is 1. The van der Waals surface area contributed by atoms with Crippen LogP contribution in [-0.4, -0.2) is 32.7 Å². The van der Waals surface area contributed by atoms with E-state index in [9.17, 15) is 22.1 Å². The van der Waals surface area contributed by atoms with E-state index in [4.69, 9.17) is 4.74 Å². The first-order chi connectivity index (χ1) is 7.68. The van der Waals surface area contributed by atoms with E-state index in [0.717, 1.165) is 17.1 Å². The Labute approximate surface area is 96.1 Å². The van der Waals surface area contributed by atoms with Crippen molar-refractivity contribution in [3.8, 4) is 0 Å². The normalized spacial score (nSPS) is 18.2. The van der Waals surface area contributed by atoms with E-state index in [1.807, 2.05) is 13.1 Å². The summed E-state index contributed by atoms with van der Waals surface area (Å²) in [5.41, 5.74) is 1.01. The van der Waals surface area contributed by atoms with Gasteiger partial charge in [-0.25, -0.2) is 4.99 Å². The van der Waals surface area contributed by atoms with E-state index in [1.165, 1.54) is 6.92 Å². The molecule has 1 atom stereocenters. The van der Waals surface area contributed by atoms with Crippen molar-refractivity contribution in [2.24, 2.45) is 4.99 Å². The van der Waals surface area contributed by atoms with E-state index < -0.39 is 7.25 Å². The van der Waals surface area contributed by atoms with Crippen molar-refractivity contribution in [1.29, 1.82) is 0 Å². The maximum Gasteiger partial charge on any atom is 0.673 e. The molecule has 1 aliphatic heterocycles. The third-order valence-electron chi connectivity index (χ3n) is 1.52. The largest absolute Gasteiger partial charge is 0.673 e. The van der Waals surface area contributed by atoms with Gasteiger partial charge in [0.15, 0.2) is 6.34 Å². The number of nitrogens with zero attached hydrogens (tertiary/aromatic N) is 1. The molecular weight excluding hydrogens is 243 g/mol. The molecule has 1 heterocycles. The van der Waals surface area contributed by atoms with Crippen LogP contribution < -0.4 is 4.90 Å². The third kappa shape index (κ3) is 12.6. The van der Waals surface area contributed by atoms with Crippen LogP contribution in [-0.2, 0) is 9.53 Å². The highest BCUT2D eigenvalue weighted by Crippen LogP contribution is 2.06. The Morgan fingerprint density at radius 3 is 2.35 bits per heavy atom. The van der Waals surface area contributed by atoms with Gasteiger partial charge in [0.2, 0.25) is 0 Å². The number of nitrogens with one attached hydrogen (secondary N) is 1. The summed E-state index contributed by atoms with van der Waals surface area (Å²) < 4.78 is 43.8. The molecule has 1 unspecified atom stereocenters. The summed E-state index contributed by atoms with van der Waals surface area (Å²) >= 11 is 0. The molecular formula is C8H13BF4N2O2. The Morgan fingerprint density at radius 2 is 2.00 bits per heavy atom. The van der Waals surface area contributed by atoms with Crippen molar-refractivity contribution >= 4 is 19.6 Å². The minimum atomic E-state index is -6.00. The molecule has 1 rings (SSSR count). The molecule has 0 bridgehead atoms. The molecule has 0 aromatic carbocycles. The summed E-state index contributed by atoms with van der Waals surface area (Å²) in [6.45, 7) is 4.55. The average molecular weight is 256 g/mol. The van der Waals surface area contributed by atoms with Crippen LogP contribution in [0, 0.1) is 0 Å². The van der Waals surface area contributed by atoms with Gasteiger partial charge in [0.1, 0.15) is 19.4 Å². The maximum absolute atomic E-state index is 10.4. The number of carbonyl (C=O) groups excluding carboxylic acids is 1. The molecule has 0 aromatic rings. The van der Waals surface area contributed by atoms with Crippen LogP contribution in [0.25, 0.3) is 0 Å². The molecule has 0 aliphatic carbocycles. The van der Waals surface area contributed by atoms with Crippen LogP contribution in [0.3, 0.4) is 0 Å². The minimum Gasteiger partial charge on any atom is -0.460 e. The van der Waals surface area contributed by atoms with Crippen molar-refractivity contribution in [3.05, 3.63) is 11.9 Å². The predicted molar refractivity (Wildman–Crippen MR) is 54.9 cm³/mol. The molecule has 0 radical (unpaired) electrons. The van der Waals surface area contributed by atoms with Gasteiger partial charge in [-0.2, -0.15) is 0 Å². The molecule has 0 spiro atoms. The van der Waals surface area contributed by atoms with Gasteiger partial charge in [-0.15, -0.1) is 0 Å². The average Bonchev–Trinajstić information content (AvgIpc) is 2.47. The number of ether oxygens (including phenoxy) is 1. The lowest BCUT2D eigenvalue weighted by Crippen LogP contribution is -3.06. The fourth-order valence-corrected chi connectivity index (χ4v) is 0.977. The first-order valence-corrected chi connectivity index (χ1v) is 4.77. The van der Waals surface area contributed by atoms with E-state index in [0.29, 0.717) is 6.61 Å². The molecule has 1 N–H and O–H groups in total. The lowest BCUT2D eigenvalue weighted by molar-refractivity contribution is -0.737. The molecule has 17 heavy (non-hydrogen) atoms. The van der Waals surface area contributed by atoms with E-state index in [1.54, 1.807) is 6.34 Å². The topological polar surface area (TPSA) is 43.1 Å². The Balaban J connectivity index is 0.000000437. The van der Waals surface area contributed by atoms with Crippen molar-refractivity contribution in [2.75, 3.05) is 13.2 Å². The molecule has 0 saturated heterocycles. The number of quaternary nitrogens is 1. The van der Waals surface area contributed by atoms with Gasteiger partial charge < -0.3 is 22.0 Å². The highest BCUT2D eigenvalue weighted by Gasteiger charge is 2.20. The summed E-state index contributed by atoms with van der Waals surface area (Å²) in [5.74, 6) is -0.230. The van der Waals surface area contributed by atoms with E-state index in [-0.39, 0.29) is 5.97 Å². The molecule has 0 aromatic heterocycles. The van der Waals surface area contributed by atoms with Crippen molar-refractivity contribution in [1.82, 2.24) is 0 Å². The molecule has 9 heteroatoms. The second-order valence-electron chi connectivity index (χ2n) is 3.20. The van der Waals surface area contributed by atoms with Crippen molar-refractivity contribution < 1.29 is 31.7 Å². The third-order valence-corrected chi connectivity index (χ3v) is 1.52. The van der Waals surface area contributed by atoms with E-state index in [2.05, 4.69) is 4.99 Å². The van der Waals surface area contributed by atoms with E-state index >= 15 is 0 Å². The summed E-state index contributed by atoms with van der Waals surface area (Å²) in [5, 5.41) is 0. The van der Waals surface area contributed by atoms with Gasteiger partial charge in [0.25, 0.3) is 0 Å². The first kappa shape index (κ1) is 15.6. The summed E-state index contributed by atoms with van der Waals surface area (Å²) in [6, 6.07) is 0. The number of aliphatic imine (C=N–C) groups is 1. The van der Waals surface area contributed by atoms with Gasteiger partial charge >= 0.3 is 13.2 Å². The van der Waals surface area contributed by atoms with Gasteiger partial charge in [-0.05, 0) is 6.92 Å².